The van der Waals surface area contributed by atoms with Crippen LogP contribution < -0.4 is 5.32 Å². The van der Waals surface area contributed by atoms with Crippen LogP contribution in [0.4, 0.5) is 5.69 Å². The molecule has 2 aromatic rings. The first-order valence-electron chi connectivity index (χ1n) is 7.28. The van der Waals surface area contributed by atoms with Gasteiger partial charge in [0.25, 0.3) is 5.91 Å². The molecule has 0 bridgehead atoms. The molecule has 1 aromatic carbocycles. The molecule has 0 aliphatic heterocycles. The molecule has 26 heavy (non-hydrogen) atoms. The Morgan fingerprint density at radius 2 is 1.85 bits per heavy atom. The number of aryl methyl sites for hydroxylation is 1. The Kier molecular flexibility index (Phi) is 6.54. The van der Waals surface area contributed by atoms with E-state index in [4.69, 9.17) is 27.9 Å². The average molecular weight is 397 g/mol. The van der Waals surface area contributed by atoms with Crippen molar-refractivity contribution in [3.63, 3.8) is 0 Å². The molecule has 0 unspecified atom stereocenters. The molecule has 0 radical (unpaired) electrons. The number of anilines is 1. The topological polar surface area (TPSA) is 94.6 Å². The number of carbonyl (C=O) groups excluding carboxylic acids is 3. The van der Waals surface area contributed by atoms with Crippen LogP contribution in [0.1, 0.15) is 26.3 Å². The Morgan fingerprint density at radius 1 is 1.12 bits per heavy atom. The van der Waals surface area contributed by atoms with Gasteiger partial charge in [0.15, 0.2) is 6.61 Å². The van der Waals surface area contributed by atoms with Gasteiger partial charge in [-0.15, -0.1) is 0 Å². The van der Waals surface area contributed by atoms with Gasteiger partial charge in [0, 0.05) is 11.9 Å². The van der Waals surface area contributed by atoms with Crippen LogP contribution in [-0.2, 0) is 14.3 Å². The number of benzene rings is 1. The van der Waals surface area contributed by atoms with Gasteiger partial charge in [0.2, 0.25) is 0 Å². The number of pyridine rings is 1. The third-order valence-electron chi connectivity index (χ3n) is 3.30. The third-order valence-corrected chi connectivity index (χ3v) is 3.99. The summed E-state index contributed by atoms with van der Waals surface area (Å²) in [5, 5.41) is 2.73. The number of ether oxygens (including phenoxy) is 2. The maximum Gasteiger partial charge on any atom is 0.340 e. The van der Waals surface area contributed by atoms with Crippen molar-refractivity contribution < 1.29 is 23.9 Å². The van der Waals surface area contributed by atoms with Gasteiger partial charge < -0.3 is 14.8 Å². The van der Waals surface area contributed by atoms with Crippen LogP contribution in [0.15, 0.2) is 30.5 Å². The number of methoxy groups -OCH3 is 1. The smallest absolute Gasteiger partial charge is 0.340 e. The van der Waals surface area contributed by atoms with Crippen LogP contribution in [0.2, 0.25) is 10.2 Å². The molecule has 0 atom stereocenters. The molecule has 0 spiro atoms. The van der Waals surface area contributed by atoms with Gasteiger partial charge in [-0.05, 0) is 30.7 Å². The molecule has 1 heterocycles. The van der Waals surface area contributed by atoms with E-state index in [0.29, 0.717) is 5.69 Å². The zero-order valence-corrected chi connectivity index (χ0v) is 15.4. The van der Waals surface area contributed by atoms with Crippen molar-refractivity contribution in [1.82, 2.24) is 4.98 Å². The summed E-state index contributed by atoms with van der Waals surface area (Å²) in [5.74, 6) is -1.87. The van der Waals surface area contributed by atoms with Crippen LogP contribution in [0.25, 0.3) is 0 Å². The monoisotopic (exact) mass is 396 g/mol. The summed E-state index contributed by atoms with van der Waals surface area (Å²) in [6.07, 6.45) is 1.19. The Labute approximate surface area is 159 Å². The van der Waals surface area contributed by atoms with E-state index in [0.717, 1.165) is 5.56 Å². The Hall–Kier alpha value is -2.64. The molecule has 136 valence electrons. The van der Waals surface area contributed by atoms with Gasteiger partial charge >= 0.3 is 11.9 Å². The second-order valence-corrected chi connectivity index (χ2v) is 5.91. The molecule has 2 rings (SSSR count). The lowest BCUT2D eigenvalue weighted by Crippen LogP contribution is -2.21. The second-order valence-electron chi connectivity index (χ2n) is 5.14. The largest absolute Gasteiger partial charge is 0.465 e. The minimum absolute atomic E-state index is 0.0573. The average Bonchev–Trinajstić information content (AvgIpc) is 2.63. The maximum absolute atomic E-state index is 12.0. The van der Waals surface area contributed by atoms with Crippen molar-refractivity contribution in [3.05, 3.63) is 57.3 Å². The first kappa shape index (κ1) is 19.7. The molecule has 7 nitrogen and oxygen atoms in total. The van der Waals surface area contributed by atoms with Gasteiger partial charge in [0.1, 0.15) is 5.15 Å². The summed E-state index contributed by atoms with van der Waals surface area (Å²) in [4.78, 5) is 39.2. The van der Waals surface area contributed by atoms with E-state index in [-0.39, 0.29) is 21.3 Å². The normalized spacial score (nSPS) is 10.2. The zero-order valence-electron chi connectivity index (χ0n) is 13.8. The van der Waals surface area contributed by atoms with Crippen molar-refractivity contribution in [1.29, 1.82) is 0 Å². The number of hydrogen-bond donors (Lipinski definition) is 1. The molecule has 9 heteroatoms. The van der Waals surface area contributed by atoms with E-state index in [9.17, 15) is 14.4 Å². The summed E-state index contributed by atoms with van der Waals surface area (Å²) >= 11 is 11.4. The first-order chi connectivity index (χ1) is 12.3. The van der Waals surface area contributed by atoms with E-state index in [1.807, 2.05) is 0 Å². The van der Waals surface area contributed by atoms with E-state index < -0.39 is 24.5 Å². The van der Waals surface area contributed by atoms with Crippen molar-refractivity contribution in [2.45, 2.75) is 6.92 Å². The molecule has 0 aliphatic carbocycles. The van der Waals surface area contributed by atoms with Gasteiger partial charge in [0.05, 0.1) is 23.3 Å². The highest BCUT2D eigenvalue weighted by molar-refractivity contribution is 6.41. The lowest BCUT2D eigenvalue weighted by Gasteiger charge is -2.10. The first-order valence-corrected chi connectivity index (χ1v) is 8.04. The number of hydrogen-bond acceptors (Lipinski definition) is 6. The van der Waals surface area contributed by atoms with Crippen molar-refractivity contribution >= 4 is 46.7 Å². The SMILES string of the molecule is COC(=O)c1ccc(C)c(NC(=O)COC(=O)c2cnc(Cl)c(Cl)c2)c1. The fraction of sp³-hybridized carbons (Fsp3) is 0.176. The van der Waals surface area contributed by atoms with Gasteiger partial charge in [-0.2, -0.15) is 0 Å². The Bertz CT molecular complexity index is 870. The van der Waals surface area contributed by atoms with Gasteiger partial charge in [-0.1, -0.05) is 29.3 Å². The summed E-state index contributed by atoms with van der Waals surface area (Å²) < 4.78 is 9.55. The van der Waals surface area contributed by atoms with Crippen LogP contribution in [-0.4, -0.2) is 36.5 Å². The number of nitrogens with one attached hydrogen (secondary N) is 1. The standard InChI is InChI=1S/C17H14Cl2N2O5/c1-9-3-4-10(16(23)25-2)6-13(9)21-14(22)8-26-17(24)11-5-12(18)15(19)20-7-11/h3-7H,8H2,1-2H3,(H,21,22). The number of carbonyl (C=O) groups is 3. The van der Waals surface area contributed by atoms with Crippen molar-refractivity contribution in [3.8, 4) is 0 Å². The fourth-order valence-corrected chi connectivity index (χ4v) is 2.20. The molecule has 0 aliphatic rings. The molecule has 0 saturated carbocycles. The summed E-state index contributed by atoms with van der Waals surface area (Å²) in [5.41, 5.74) is 1.49. The highest BCUT2D eigenvalue weighted by Gasteiger charge is 2.14. The molecular weight excluding hydrogens is 383 g/mol. The molecular formula is C17H14Cl2N2O5. The predicted molar refractivity (Wildman–Crippen MR) is 95.7 cm³/mol. The lowest BCUT2D eigenvalue weighted by molar-refractivity contribution is -0.119. The highest BCUT2D eigenvalue weighted by Crippen LogP contribution is 2.20. The number of aromatic nitrogens is 1. The van der Waals surface area contributed by atoms with Gasteiger partial charge in [-0.25, -0.2) is 14.6 Å². The lowest BCUT2D eigenvalue weighted by atomic mass is 10.1. The predicted octanol–water partition coefficient (Wildman–Crippen LogP) is 3.28. The van der Waals surface area contributed by atoms with Gasteiger partial charge in [-0.3, -0.25) is 4.79 Å². The van der Waals surface area contributed by atoms with Crippen molar-refractivity contribution in [2.24, 2.45) is 0 Å². The highest BCUT2D eigenvalue weighted by atomic mass is 35.5. The van der Waals surface area contributed by atoms with E-state index in [1.165, 1.54) is 25.4 Å². The van der Waals surface area contributed by atoms with E-state index in [1.54, 1.807) is 19.1 Å². The number of esters is 2. The molecule has 1 aromatic heterocycles. The Balaban J connectivity index is 1.99. The van der Waals surface area contributed by atoms with E-state index in [2.05, 4.69) is 15.0 Å². The number of amides is 1. The quantitative estimate of drug-likeness (QED) is 0.615. The van der Waals surface area contributed by atoms with Crippen LogP contribution in [0.3, 0.4) is 0 Å². The maximum atomic E-state index is 12.0. The van der Waals surface area contributed by atoms with Crippen LogP contribution in [0.5, 0.6) is 0 Å². The van der Waals surface area contributed by atoms with Crippen LogP contribution in [0, 0.1) is 6.92 Å². The second kappa shape index (κ2) is 8.64. The number of halogens is 2. The minimum atomic E-state index is -0.772. The molecule has 1 amide bonds. The molecule has 0 fully saturated rings. The zero-order chi connectivity index (χ0) is 19.3. The molecule has 1 N–H and O–H groups in total. The Morgan fingerprint density at radius 3 is 2.50 bits per heavy atom. The summed E-state index contributed by atoms with van der Waals surface area (Å²) in [6, 6.07) is 6.01. The summed E-state index contributed by atoms with van der Waals surface area (Å²) in [7, 11) is 1.26. The van der Waals surface area contributed by atoms with E-state index >= 15 is 0 Å². The number of nitrogens with zero attached hydrogens (tertiary/aromatic N) is 1. The molecule has 0 saturated heterocycles. The van der Waals surface area contributed by atoms with Crippen LogP contribution >= 0.6 is 23.2 Å². The summed E-state index contributed by atoms with van der Waals surface area (Å²) in [6.45, 7) is 1.23. The fourth-order valence-electron chi connectivity index (χ4n) is 1.94. The third kappa shape index (κ3) is 4.93. The minimum Gasteiger partial charge on any atom is -0.465 e. The number of rotatable bonds is 5. The van der Waals surface area contributed by atoms with Crippen molar-refractivity contribution in [2.75, 3.05) is 19.0 Å².